The number of aryl methyl sites for hydroxylation is 1. The number of carbonyl (C=O) groups excluding carboxylic acids is 1. The normalized spacial score (nSPS) is 22.5. The first kappa shape index (κ1) is 28.7. The molecule has 8 heteroatoms. The van der Waals surface area contributed by atoms with E-state index in [1.54, 1.807) is 19.2 Å². The summed E-state index contributed by atoms with van der Waals surface area (Å²) in [6.07, 6.45) is 7.11. The number of aromatic hydroxyl groups is 1. The standard InChI is InChI=1S/C37H42FN3O4/c1-44-34-19-33(32(38)17-30(34)28-4-2-3-24-15-26(42)5-6-27(24)28)41-11-7-23(8-12-41)21-40-13-9-37(10-14-40)22-45-35-18-29-25(16-31(35)37)20-39-36(29)43/h5-6,15-19,23,28,42H,2-4,7-14,20-22H2,1H3,(H,39,43)/t28-/m0/s1. The molecule has 1 atom stereocenters. The number of amides is 1. The summed E-state index contributed by atoms with van der Waals surface area (Å²) in [6, 6.07) is 13.3. The Labute approximate surface area is 264 Å². The molecule has 1 aliphatic carbocycles. The van der Waals surface area contributed by atoms with Gasteiger partial charge >= 0.3 is 0 Å². The zero-order valence-corrected chi connectivity index (χ0v) is 26.0. The van der Waals surface area contributed by atoms with E-state index in [9.17, 15) is 9.90 Å². The minimum atomic E-state index is -0.179. The first-order valence-corrected chi connectivity index (χ1v) is 16.7. The van der Waals surface area contributed by atoms with Crippen molar-refractivity contribution in [3.8, 4) is 17.2 Å². The van der Waals surface area contributed by atoms with E-state index in [0.29, 0.717) is 24.8 Å². The number of methoxy groups -OCH3 is 1. The Morgan fingerprint density at radius 3 is 2.64 bits per heavy atom. The highest BCUT2D eigenvalue weighted by Gasteiger charge is 2.44. The Morgan fingerprint density at radius 1 is 1.02 bits per heavy atom. The topological polar surface area (TPSA) is 74.3 Å². The maximum Gasteiger partial charge on any atom is 0.252 e. The van der Waals surface area contributed by atoms with Gasteiger partial charge in [0, 0.05) is 60.3 Å². The number of phenols is 1. The zero-order chi connectivity index (χ0) is 30.7. The molecule has 8 rings (SSSR count). The second-order valence-corrected chi connectivity index (χ2v) is 13.9. The van der Waals surface area contributed by atoms with Crippen molar-refractivity contribution in [2.75, 3.05) is 51.3 Å². The van der Waals surface area contributed by atoms with Gasteiger partial charge in [-0.3, -0.25) is 4.79 Å². The maximum atomic E-state index is 15.8. The first-order valence-electron chi connectivity index (χ1n) is 16.7. The second kappa shape index (κ2) is 11.2. The van der Waals surface area contributed by atoms with Crippen LogP contribution in [0.5, 0.6) is 17.2 Å². The number of hydrogen-bond acceptors (Lipinski definition) is 6. The monoisotopic (exact) mass is 611 g/mol. The van der Waals surface area contributed by atoms with Crippen LogP contribution in [0.2, 0.25) is 0 Å². The fourth-order valence-electron chi connectivity index (χ4n) is 8.75. The lowest BCUT2D eigenvalue weighted by Crippen LogP contribution is -2.46. The molecular weight excluding hydrogens is 569 g/mol. The quantitative estimate of drug-likeness (QED) is 0.375. The molecular formula is C37H42FN3O4. The van der Waals surface area contributed by atoms with E-state index in [1.165, 1.54) is 5.56 Å². The van der Waals surface area contributed by atoms with E-state index in [0.717, 1.165) is 117 Å². The van der Waals surface area contributed by atoms with Gasteiger partial charge in [-0.25, -0.2) is 4.39 Å². The van der Waals surface area contributed by atoms with Crippen molar-refractivity contribution in [3.05, 3.63) is 81.7 Å². The molecule has 1 amide bonds. The number of phenolic OH excluding ortho intramolecular Hbond substituents is 1. The van der Waals surface area contributed by atoms with E-state index in [1.807, 2.05) is 24.3 Å². The van der Waals surface area contributed by atoms with Gasteiger partial charge in [0.05, 0.1) is 19.4 Å². The molecule has 7 nitrogen and oxygen atoms in total. The maximum absolute atomic E-state index is 15.8. The Hall–Kier alpha value is -3.78. The fourth-order valence-corrected chi connectivity index (χ4v) is 8.75. The summed E-state index contributed by atoms with van der Waals surface area (Å²) in [6.45, 7) is 6.19. The molecule has 236 valence electrons. The van der Waals surface area contributed by atoms with E-state index in [-0.39, 0.29) is 28.8 Å². The summed E-state index contributed by atoms with van der Waals surface area (Å²) in [4.78, 5) is 16.9. The second-order valence-electron chi connectivity index (χ2n) is 13.9. The lowest BCUT2D eigenvalue weighted by molar-refractivity contribution is 0.0965. The van der Waals surface area contributed by atoms with Crippen LogP contribution in [-0.2, 0) is 18.4 Å². The summed E-state index contributed by atoms with van der Waals surface area (Å²) in [5.74, 6) is 2.41. The van der Waals surface area contributed by atoms with Crippen molar-refractivity contribution in [1.82, 2.24) is 10.2 Å². The Bertz CT molecular complexity index is 1640. The highest BCUT2D eigenvalue weighted by atomic mass is 19.1. The Morgan fingerprint density at radius 2 is 1.84 bits per heavy atom. The zero-order valence-electron chi connectivity index (χ0n) is 26.0. The van der Waals surface area contributed by atoms with Crippen LogP contribution in [0.15, 0.2) is 42.5 Å². The van der Waals surface area contributed by atoms with Gasteiger partial charge in [-0.1, -0.05) is 6.07 Å². The predicted molar refractivity (Wildman–Crippen MR) is 171 cm³/mol. The van der Waals surface area contributed by atoms with Gasteiger partial charge in [-0.05, 0) is 111 Å². The molecule has 2 saturated heterocycles. The summed E-state index contributed by atoms with van der Waals surface area (Å²) >= 11 is 0. The smallest absolute Gasteiger partial charge is 0.252 e. The van der Waals surface area contributed by atoms with Gasteiger partial charge in [0.15, 0.2) is 0 Å². The molecule has 3 aromatic carbocycles. The molecule has 5 aliphatic rings. The highest BCUT2D eigenvalue weighted by Crippen LogP contribution is 2.48. The minimum Gasteiger partial charge on any atom is -0.508 e. The van der Waals surface area contributed by atoms with Crippen LogP contribution < -0.4 is 19.7 Å². The minimum absolute atomic E-state index is 0.00488. The third-order valence-electron chi connectivity index (χ3n) is 11.4. The van der Waals surface area contributed by atoms with Gasteiger partial charge in [0.2, 0.25) is 0 Å². The van der Waals surface area contributed by atoms with Crippen molar-refractivity contribution < 1.29 is 23.8 Å². The first-order chi connectivity index (χ1) is 21.9. The number of nitrogens with zero attached hydrogens (tertiary/aromatic N) is 2. The van der Waals surface area contributed by atoms with Crippen LogP contribution in [0.25, 0.3) is 0 Å². The van der Waals surface area contributed by atoms with Crippen LogP contribution >= 0.6 is 0 Å². The Balaban J connectivity index is 0.898. The van der Waals surface area contributed by atoms with Gasteiger partial charge in [-0.2, -0.15) is 0 Å². The van der Waals surface area contributed by atoms with Crippen LogP contribution in [0, 0.1) is 11.7 Å². The van der Waals surface area contributed by atoms with Crippen LogP contribution in [0.3, 0.4) is 0 Å². The van der Waals surface area contributed by atoms with Gasteiger partial charge in [0.1, 0.15) is 23.1 Å². The van der Waals surface area contributed by atoms with Gasteiger partial charge in [-0.15, -0.1) is 0 Å². The van der Waals surface area contributed by atoms with E-state index in [2.05, 4.69) is 21.2 Å². The molecule has 0 saturated carbocycles. The van der Waals surface area contributed by atoms with Gasteiger partial charge in [0.25, 0.3) is 5.91 Å². The van der Waals surface area contributed by atoms with Crippen molar-refractivity contribution in [3.63, 3.8) is 0 Å². The number of nitrogens with one attached hydrogen (secondary N) is 1. The number of anilines is 1. The fraction of sp³-hybridized carbons (Fsp3) is 0.486. The number of carbonyl (C=O) groups is 1. The third kappa shape index (κ3) is 5.02. The van der Waals surface area contributed by atoms with Crippen molar-refractivity contribution in [1.29, 1.82) is 0 Å². The van der Waals surface area contributed by atoms with Crippen molar-refractivity contribution >= 4 is 11.6 Å². The average Bonchev–Trinajstić information content (AvgIpc) is 3.60. The molecule has 0 bridgehead atoms. The molecule has 0 radical (unpaired) electrons. The van der Waals surface area contributed by atoms with Crippen LogP contribution in [0.4, 0.5) is 10.1 Å². The molecule has 2 fully saturated rings. The number of benzene rings is 3. The highest BCUT2D eigenvalue weighted by molar-refractivity contribution is 5.99. The number of piperidine rings is 2. The largest absolute Gasteiger partial charge is 0.508 e. The Kier molecular flexibility index (Phi) is 7.16. The molecule has 2 N–H and O–H groups in total. The lowest BCUT2D eigenvalue weighted by atomic mass is 9.73. The number of halogens is 1. The molecule has 0 aromatic heterocycles. The number of fused-ring (bicyclic) bond motifs is 4. The molecule has 45 heavy (non-hydrogen) atoms. The number of hydrogen-bond donors (Lipinski definition) is 2. The average molecular weight is 612 g/mol. The molecule has 0 unspecified atom stereocenters. The van der Waals surface area contributed by atoms with Crippen molar-refractivity contribution in [2.24, 2.45) is 5.92 Å². The van der Waals surface area contributed by atoms with E-state index < -0.39 is 0 Å². The van der Waals surface area contributed by atoms with E-state index in [4.69, 9.17) is 9.47 Å². The van der Waals surface area contributed by atoms with Crippen molar-refractivity contribution in [2.45, 2.75) is 62.8 Å². The summed E-state index contributed by atoms with van der Waals surface area (Å²) in [5.41, 5.74) is 7.05. The van der Waals surface area contributed by atoms with E-state index >= 15 is 4.39 Å². The molecule has 1 spiro atoms. The van der Waals surface area contributed by atoms with Crippen LogP contribution in [-0.4, -0.2) is 62.4 Å². The molecule has 4 heterocycles. The summed E-state index contributed by atoms with van der Waals surface area (Å²) < 4.78 is 27.8. The SMILES string of the molecule is COc1cc(N2CCC(CN3CCC4(CC3)COc3cc5c(cc34)CNC5=O)CC2)c(F)cc1[C@H]1CCCc2cc(O)ccc21. The number of rotatable bonds is 5. The predicted octanol–water partition coefficient (Wildman–Crippen LogP) is 5.89. The lowest BCUT2D eigenvalue weighted by Gasteiger charge is -2.41. The summed E-state index contributed by atoms with van der Waals surface area (Å²) in [7, 11) is 1.68. The van der Waals surface area contributed by atoms with Gasteiger partial charge < -0.3 is 29.7 Å². The third-order valence-corrected chi connectivity index (χ3v) is 11.4. The molecule has 4 aliphatic heterocycles. The summed E-state index contributed by atoms with van der Waals surface area (Å²) in [5, 5.41) is 12.9. The number of ether oxygens (including phenoxy) is 2. The van der Waals surface area contributed by atoms with Crippen LogP contribution in [0.1, 0.15) is 82.6 Å². The number of likely N-dealkylation sites (tertiary alicyclic amines) is 1. The molecule has 3 aromatic rings.